The molecule has 6 heteroatoms. The predicted octanol–water partition coefficient (Wildman–Crippen LogP) is 3.46. The SMILES string of the molecule is O=C(NC1CCN(C(=O)c2ccoc2)CC1)C1CC1c1ccccc1Cl. The zero-order valence-electron chi connectivity index (χ0n) is 14.4. The molecule has 2 atom stereocenters. The third-order valence-electron chi connectivity index (χ3n) is 5.33. The molecule has 1 aromatic heterocycles. The maximum absolute atomic E-state index is 12.5. The summed E-state index contributed by atoms with van der Waals surface area (Å²) in [6.07, 6.45) is 5.38. The van der Waals surface area contributed by atoms with E-state index >= 15 is 0 Å². The molecule has 0 bridgehead atoms. The van der Waals surface area contributed by atoms with Gasteiger partial charge in [0, 0.05) is 30.1 Å². The summed E-state index contributed by atoms with van der Waals surface area (Å²) < 4.78 is 4.97. The van der Waals surface area contributed by atoms with Gasteiger partial charge in [0.25, 0.3) is 5.91 Å². The lowest BCUT2D eigenvalue weighted by atomic mass is 10.0. The lowest BCUT2D eigenvalue weighted by molar-refractivity contribution is -0.123. The number of carbonyl (C=O) groups excluding carboxylic acids is 2. The Labute approximate surface area is 157 Å². The Morgan fingerprint density at radius 3 is 2.62 bits per heavy atom. The molecule has 2 fully saturated rings. The first kappa shape index (κ1) is 17.2. The lowest BCUT2D eigenvalue weighted by Gasteiger charge is -2.32. The van der Waals surface area contributed by atoms with Gasteiger partial charge in [-0.05, 0) is 42.9 Å². The van der Waals surface area contributed by atoms with Gasteiger partial charge in [-0.3, -0.25) is 9.59 Å². The molecule has 136 valence electrons. The average Bonchev–Trinajstić information content (AvgIpc) is 3.26. The summed E-state index contributed by atoms with van der Waals surface area (Å²) in [4.78, 5) is 26.6. The van der Waals surface area contributed by atoms with Crippen LogP contribution in [0.25, 0.3) is 0 Å². The van der Waals surface area contributed by atoms with Crippen LogP contribution in [0.5, 0.6) is 0 Å². The minimum atomic E-state index is -0.00972. The number of likely N-dealkylation sites (tertiary alicyclic amines) is 1. The van der Waals surface area contributed by atoms with Gasteiger partial charge >= 0.3 is 0 Å². The van der Waals surface area contributed by atoms with Crippen molar-refractivity contribution in [1.82, 2.24) is 10.2 Å². The monoisotopic (exact) mass is 372 g/mol. The van der Waals surface area contributed by atoms with Crippen molar-refractivity contribution in [3.8, 4) is 0 Å². The number of hydrogen-bond donors (Lipinski definition) is 1. The Bertz CT molecular complexity index is 797. The van der Waals surface area contributed by atoms with Crippen molar-refractivity contribution < 1.29 is 14.0 Å². The van der Waals surface area contributed by atoms with Crippen LogP contribution in [-0.2, 0) is 4.79 Å². The number of furan rings is 1. The largest absolute Gasteiger partial charge is 0.472 e. The van der Waals surface area contributed by atoms with Gasteiger partial charge in [0.15, 0.2) is 0 Å². The molecule has 1 aliphatic heterocycles. The van der Waals surface area contributed by atoms with E-state index < -0.39 is 0 Å². The van der Waals surface area contributed by atoms with Crippen molar-refractivity contribution in [2.75, 3.05) is 13.1 Å². The number of amides is 2. The van der Waals surface area contributed by atoms with E-state index in [0.29, 0.717) is 18.7 Å². The van der Waals surface area contributed by atoms with Crippen LogP contribution in [0.15, 0.2) is 47.3 Å². The molecule has 0 spiro atoms. The van der Waals surface area contributed by atoms with E-state index in [0.717, 1.165) is 29.8 Å². The normalized spacial score (nSPS) is 22.9. The van der Waals surface area contributed by atoms with Gasteiger partial charge in [-0.2, -0.15) is 0 Å². The highest BCUT2D eigenvalue weighted by Gasteiger charge is 2.45. The molecule has 1 saturated carbocycles. The fourth-order valence-electron chi connectivity index (χ4n) is 3.71. The van der Waals surface area contributed by atoms with Crippen LogP contribution in [0.3, 0.4) is 0 Å². The minimum absolute atomic E-state index is 0.00972. The topological polar surface area (TPSA) is 62.6 Å². The van der Waals surface area contributed by atoms with Gasteiger partial charge in [0.05, 0.1) is 11.8 Å². The molecule has 2 unspecified atom stereocenters. The molecule has 5 nitrogen and oxygen atoms in total. The van der Waals surface area contributed by atoms with Crippen LogP contribution >= 0.6 is 11.6 Å². The number of hydrogen-bond acceptors (Lipinski definition) is 3. The zero-order valence-corrected chi connectivity index (χ0v) is 15.1. The van der Waals surface area contributed by atoms with Crippen molar-refractivity contribution in [3.05, 3.63) is 59.0 Å². The number of nitrogens with one attached hydrogen (secondary N) is 1. The summed E-state index contributed by atoms with van der Waals surface area (Å²) in [6.45, 7) is 1.29. The minimum Gasteiger partial charge on any atom is -0.472 e. The summed E-state index contributed by atoms with van der Waals surface area (Å²) in [5.74, 6) is 0.339. The predicted molar refractivity (Wildman–Crippen MR) is 98.1 cm³/mol. The Hall–Kier alpha value is -2.27. The molecule has 1 N–H and O–H groups in total. The molecule has 1 aromatic carbocycles. The fourth-order valence-corrected chi connectivity index (χ4v) is 3.98. The quantitative estimate of drug-likeness (QED) is 0.894. The van der Waals surface area contributed by atoms with Crippen molar-refractivity contribution in [2.24, 2.45) is 5.92 Å². The molecule has 2 aromatic rings. The molecule has 4 rings (SSSR count). The summed E-state index contributed by atoms with van der Waals surface area (Å²) >= 11 is 6.23. The highest BCUT2D eigenvalue weighted by atomic mass is 35.5. The maximum atomic E-state index is 12.5. The first-order valence-electron chi connectivity index (χ1n) is 9.00. The van der Waals surface area contributed by atoms with E-state index in [1.165, 1.54) is 12.5 Å². The molecular formula is C20H21ClN2O3. The van der Waals surface area contributed by atoms with Crippen LogP contribution in [0.1, 0.15) is 41.1 Å². The van der Waals surface area contributed by atoms with Crippen molar-refractivity contribution in [3.63, 3.8) is 0 Å². The highest BCUT2D eigenvalue weighted by Crippen LogP contribution is 2.49. The molecule has 2 amide bonds. The van der Waals surface area contributed by atoms with Crippen LogP contribution in [-0.4, -0.2) is 35.8 Å². The molecule has 1 aliphatic carbocycles. The molecular weight excluding hydrogens is 352 g/mol. The number of carbonyl (C=O) groups is 2. The summed E-state index contributed by atoms with van der Waals surface area (Å²) in [5, 5.41) is 3.89. The van der Waals surface area contributed by atoms with Crippen molar-refractivity contribution >= 4 is 23.4 Å². The van der Waals surface area contributed by atoms with E-state index in [2.05, 4.69) is 5.32 Å². The second-order valence-electron chi connectivity index (χ2n) is 7.06. The highest BCUT2D eigenvalue weighted by molar-refractivity contribution is 6.31. The first-order chi connectivity index (χ1) is 12.6. The molecule has 0 radical (unpaired) electrons. The fraction of sp³-hybridized carbons (Fsp3) is 0.400. The summed E-state index contributed by atoms with van der Waals surface area (Å²) in [6, 6.07) is 9.54. The summed E-state index contributed by atoms with van der Waals surface area (Å²) in [5.41, 5.74) is 1.64. The molecule has 2 heterocycles. The Morgan fingerprint density at radius 2 is 1.92 bits per heavy atom. The van der Waals surface area contributed by atoms with E-state index in [-0.39, 0.29) is 29.7 Å². The van der Waals surface area contributed by atoms with Crippen LogP contribution in [0.2, 0.25) is 5.02 Å². The van der Waals surface area contributed by atoms with Gasteiger partial charge in [0.1, 0.15) is 6.26 Å². The zero-order chi connectivity index (χ0) is 18.1. The molecule has 1 saturated heterocycles. The smallest absolute Gasteiger partial charge is 0.257 e. The van der Waals surface area contributed by atoms with Gasteiger partial charge in [-0.1, -0.05) is 29.8 Å². The van der Waals surface area contributed by atoms with Crippen LogP contribution in [0, 0.1) is 5.92 Å². The number of piperidine rings is 1. The van der Waals surface area contributed by atoms with Gasteiger partial charge in [0.2, 0.25) is 5.91 Å². The summed E-state index contributed by atoms with van der Waals surface area (Å²) in [7, 11) is 0. The second-order valence-corrected chi connectivity index (χ2v) is 7.46. The van der Waals surface area contributed by atoms with Gasteiger partial charge in [-0.15, -0.1) is 0 Å². The van der Waals surface area contributed by atoms with E-state index in [9.17, 15) is 9.59 Å². The third-order valence-corrected chi connectivity index (χ3v) is 5.67. The van der Waals surface area contributed by atoms with Crippen LogP contribution in [0.4, 0.5) is 0 Å². The number of nitrogens with zero attached hydrogens (tertiary/aromatic N) is 1. The lowest BCUT2D eigenvalue weighted by Crippen LogP contribution is -2.47. The molecule has 26 heavy (non-hydrogen) atoms. The number of halogens is 1. The second kappa shape index (κ2) is 7.16. The van der Waals surface area contributed by atoms with Gasteiger partial charge in [-0.25, -0.2) is 0 Å². The van der Waals surface area contributed by atoms with Crippen molar-refractivity contribution in [2.45, 2.75) is 31.2 Å². The van der Waals surface area contributed by atoms with Crippen molar-refractivity contribution in [1.29, 1.82) is 0 Å². The number of rotatable bonds is 4. The third kappa shape index (κ3) is 3.49. The van der Waals surface area contributed by atoms with E-state index in [1.54, 1.807) is 6.07 Å². The Kier molecular flexibility index (Phi) is 4.72. The number of benzene rings is 1. The Balaban J connectivity index is 1.27. The first-order valence-corrected chi connectivity index (χ1v) is 9.37. The maximum Gasteiger partial charge on any atom is 0.257 e. The molecule has 2 aliphatic rings. The Morgan fingerprint density at radius 1 is 1.15 bits per heavy atom. The van der Waals surface area contributed by atoms with Gasteiger partial charge < -0.3 is 14.6 Å². The standard InChI is InChI=1S/C20H21ClN2O3/c21-18-4-2-1-3-15(18)16-11-17(16)19(24)22-14-5-8-23(9-6-14)20(25)13-7-10-26-12-13/h1-4,7,10,12,14,16-17H,5-6,8-9,11H2,(H,22,24). The van der Waals surface area contributed by atoms with Crippen LogP contribution < -0.4 is 5.32 Å². The van der Waals surface area contributed by atoms with E-state index in [4.69, 9.17) is 16.0 Å². The van der Waals surface area contributed by atoms with E-state index in [1.807, 2.05) is 29.2 Å². The average molecular weight is 373 g/mol.